The average Bonchev–Trinajstić information content (AvgIpc) is 2.90. The van der Waals surface area contributed by atoms with Crippen molar-refractivity contribution in [2.24, 2.45) is 0 Å². The molecule has 0 aliphatic carbocycles. The minimum Gasteiger partial charge on any atom is -0.353 e. The first-order chi connectivity index (χ1) is 14.0. The van der Waals surface area contributed by atoms with E-state index in [1.165, 1.54) is 11.3 Å². The summed E-state index contributed by atoms with van der Waals surface area (Å²) >= 11 is 1.50. The molecule has 0 radical (unpaired) electrons. The van der Waals surface area contributed by atoms with Crippen LogP contribution in [0.4, 0.5) is 0 Å². The monoisotopic (exact) mass is 413 g/mol. The summed E-state index contributed by atoms with van der Waals surface area (Å²) in [7, 11) is 0. The third kappa shape index (κ3) is 4.15. The van der Waals surface area contributed by atoms with Crippen LogP contribution in [0.15, 0.2) is 24.3 Å². The van der Waals surface area contributed by atoms with Crippen molar-refractivity contribution in [2.45, 2.75) is 45.1 Å². The standard InChI is InChI=1S/C22H27N3O3S/c1-15(26)25-11-6-2-3-7-16(25)13-18-17-8-4-5-9-19(17)29-21(18)22(28)24-12-10-23-20(27)14-24/h4-5,8-9,16H,2-3,6-7,10-14H2,1H3,(H,23,27)/t16-/m1/s1. The number of rotatable bonds is 3. The third-order valence-corrected chi connectivity index (χ3v) is 7.14. The van der Waals surface area contributed by atoms with E-state index in [0.29, 0.717) is 24.4 Å². The first kappa shape index (κ1) is 19.9. The molecule has 4 rings (SSSR count). The molecular weight excluding hydrogens is 386 g/mol. The highest BCUT2D eigenvalue weighted by Crippen LogP contribution is 2.35. The van der Waals surface area contributed by atoms with E-state index in [2.05, 4.69) is 11.4 Å². The fraction of sp³-hybridized carbons (Fsp3) is 0.500. The van der Waals surface area contributed by atoms with Crippen molar-refractivity contribution < 1.29 is 14.4 Å². The lowest BCUT2D eigenvalue weighted by Gasteiger charge is -2.30. The van der Waals surface area contributed by atoms with Crippen molar-refractivity contribution in [1.29, 1.82) is 0 Å². The van der Waals surface area contributed by atoms with Crippen LogP contribution >= 0.6 is 11.3 Å². The van der Waals surface area contributed by atoms with Crippen molar-refractivity contribution in [3.63, 3.8) is 0 Å². The Bertz CT molecular complexity index is 939. The smallest absolute Gasteiger partial charge is 0.264 e. The number of hydrogen-bond donors (Lipinski definition) is 1. The summed E-state index contributed by atoms with van der Waals surface area (Å²) in [4.78, 5) is 41.7. The van der Waals surface area contributed by atoms with Crippen LogP contribution in [0.1, 0.15) is 47.8 Å². The molecule has 154 valence electrons. The molecule has 1 N–H and O–H groups in total. The number of carbonyl (C=O) groups excluding carboxylic acids is 3. The molecule has 0 unspecified atom stereocenters. The molecular formula is C22H27N3O3S. The second-order valence-corrected chi connectivity index (χ2v) is 8.95. The van der Waals surface area contributed by atoms with Gasteiger partial charge in [-0.25, -0.2) is 0 Å². The maximum atomic E-state index is 13.3. The Morgan fingerprint density at radius 1 is 1.17 bits per heavy atom. The Hall–Kier alpha value is -2.41. The summed E-state index contributed by atoms with van der Waals surface area (Å²) in [5.74, 6) is -0.0742. The van der Waals surface area contributed by atoms with E-state index in [0.717, 1.165) is 47.9 Å². The molecule has 1 atom stereocenters. The summed E-state index contributed by atoms with van der Waals surface area (Å²) in [6.45, 7) is 3.56. The number of carbonyl (C=O) groups is 3. The van der Waals surface area contributed by atoms with Gasteiger partial charge in [0.05, 0.1) is 11.4 Å². The second-order valence-electron chi connectivity index (χ2n) is 7.90. The maximum Gasteiger partial charge on any atom is 0.264 e. The van der Waals surface area contributed by atoms with E-state index in [-0.39, 0.29) is 30.3 Å². The van der Waals surface area contributed by atoms with Crippen LogP contribution in [-0.4, -0.2) is 59.7 Å². The van der Waals surface area contributed by atoms with E-state index in [9.17, 15) is 14.4 Å². The van der Waals surface area contributed by atoms with Gasteiger partial charge < -0.3 is 15.1 Å². The number of nitrogens with zero attached hydrogens (tertiary/aromatic N) is 2. The highest BCUT2D eigenvalue weighted by Gasteiger charge is 2.30. The lowest BCUT2D eigenvalue weighted by atomic mass is 9.97. The average molecular weight is 414 g/mol. The predicted octanol–water partition coefficient (Wildman–Crippen LogP) is 2.81. The van der Waals surface area contributed by atoms with E-state index in [4.69, 9.17) is 0 Å². The van der Waals surface area contributed by atoms with Gasteiger partial charge in [-0.1, -0.05) is 31.0 Å². The zero-order valence-electron chi connectivity index (χ0n) is 16.8. The lowest BCUT2D eigenvalue weighted by Crippen LogP contribution is -2.50. The van der Waals surface area contributed by atoms with E-state index < -0.39 is 0 Å². The van der Waals surface area contributed by atoms with E-state index in [1.807, 2.05) is 23.1 Å². The number of nitrogens with one attached hydrogen (secondary N) is 1. The molecule has 1 aromatic carbocycles. The Labute approximate surface area is 174 Å². The van der Waals surface area contributed by atoms with Crippen LogP contribution in [-0.2, 0) is 16.0 Å². The predicted molar refractivity (Wildman–Crippen MR) is 114 cm³/mol. The highest BCUT2D eigenvalue weighted by molar-refractivity contribution is 7.21. The molecule has 2 fully saturated rings. The summed E-state index contributed by atoms with van der Waals surface area (Å²) in [5, 5.41) is 3.87. The lowest BCUT2D eigenvalue weighted by molar-refractivity contribution is -0.131. The number of benzene rings is 1. The molecule has 6 nitrogen and oxygen atoms in total. The Kier molecular flexibility index (Phi) is 5.85. The van der Waals surface area contributed by atoms with Crippen molar-refractivity contribution in [2.75, 3.05) is 26.2 Å². The quantitative estimate of drug-likeness (QED) is 0.841. The van der Waals surface area contributed by atoms with E-state index >= 15 is 0 Å². The van der Waals surface area contributed by atoms with Crippen molar-refractivity contribution >= 4 is 39.1 Å². The topological polar surface area (TPSA) is 69.7 Å². The van der Waals surface area contributed by atoms with Gasteiger partial charge in [0.25, 0.3) is 5.91 Å². The molecule has 2 aliphatic heterocycles. The van der Waals surface area contributed by atoms with Crippen LogP contribution in [0, 0.1) is 0 Å². The van der Waals surface area contributed by atoms with Crippen molar-refractivity contribution in [1.82, 2.24) is 15.1 Å². The molecule has 2 aliphatic rings. The normalized spacial score (nSPS) is 20.4. The van der Waals surface area contributed by atoms with Gasteiger partial charge in [-0.3, -0.25) is 14.4 Å². The molecule has 2 aromatic rings. The summed E-state index contributed by atoms with van der Waals surface area (Å²) < 4.78 is 1.08. The summed E-state index contributed by atoms with van der Waals surface area (Å²) in [5.41, 5.74) is 1.03. The van der Waals surface area contributed by atoms with E-state index in [1.54, 1.807) is 11.8 Å². The molecule has 1 aromatic heterocycles. The number of piperazine rings is 1. The minimum absolute atomic E-state index is 0.0703. The zero-order valence-corrected chi connectivity index (χ0v) is 17.6. The first-order valence-electron chi connectivity index (χ1n) is 10.4. The van der Waals surface area contributed by atoms with Gasteiger partial charge in [0.1, 0.15) is 0 Å². The largest absolute Gasteiger partial charge is 0.353 e. The van der Waals surface area contributed by atoms with Gasteiger partial charge in [0.2, 0.25) is 11.8 Å². The Morgan fingerprint density at radius 2 is 2.00 bits per heavy atom. The number of amides is 3. The molecule has 0 saturated carbocycles. The molecule has 7 heteroatoms. The number of fused-ring (bicyclic) bond motifs is 1. The molecule has 3 amide bonds. The number of hydrogen-bond acceptors (Lipinski definition) is 4. The Balaban J connectivity index is 1.70. The summed E-state index contributed by atoms with van der Waals surface area (Å²) in [6.07, 6.45) is 4.93. The molecule has 3 heterocycles. The van der Waals surface area contributed by atoms with Crippen LogP contribution in [0.25, 0.3) is 10.1 Å². The Morgan fingerprint density at radius 3 is 2.79 bits per heavy atom. The molecule has 0 bridgehead atoms. The minimum atomic E-state index is -0.112. The number of thiophene rings is 1. The third-order valence-electron chi connectivity index (χ3n) is 5.94. The molecule has 2 saturated heterocycles. The van der Waals surface area contributed by atoms with Gasteiger partial charge in [-0.15, -0.1) is 11.3 Å². The van der Waals surface area contributed by atoms with Gasteiger partial charge in [-0.05, 0) is 36.3 Å². The van der Waals surface area contributed by atoms with Gasteiger partial charge in [-0.2, -0.15) is 0 Å². The van der Waals surface area contributed by atoms with Crippen LogP contribution in [0.3, 0.4) is 0 Å². The maximum absolute atomic E-state index is 13.3. The van der Waals surface area contributed by atoms with Crippen molar-refractivity contribution in [3.8, 4) is 0 Å². The van der Waals surface area contributed by atoms with Crippen LogP contribution in [0.2, 0.25) is 0 Å². The van der Waals surface area contributed by atoms with Crippen LogP contribution < -0.4 is 5.32 Å². The van der Waals surface area contributed by atoms with Gasteiger partial charge in [0.15, 0.2) is 0 Å². The van der Waals surface area contributed by atoms with Crippen molar-refractivity contribution in [3.05, 3.63) is 34.7 Å². The fourth-order valence-electron chi connectivity index (χ4n) is 4.47. The van der Waals surface area contributed by atoms with Gasteiger partial charge >= 0.3 is 0 Å². The zero-order chi connectivity index (χ0) is 20.4. The SMILES string of the molecule is CC(=O)N1CCCCC[C@@H]1Cc1c(C(=O)N2CCNC(=O)C2)sc2ccccc12. The first-order valence-corrected chi connectivity index (χ1v) is 11.2. The fourth-order valence-corrected chi connectivity index (χ4v) is 5.67. The molecule has 0 spiro atoms. The number of likely N-dealkylation sites (tertiary alicyclic amines) is 1. The van der Waals surface area contributed by atoms with Gasteiger partial charge in [0, 0.05) is 37.3 Å². The summed E-state index contributed by atoms with van der Waals surface area (Å²) in [6, 6.07) is 8.20. The highest BCUT2D eigenvalue weighted by atomic mass is 32.1. The van der Waals surface area contributed by atoms with Crippen LogP contribution in [0.5, 0.6) is 0 Å². The molecule has 29 heavy (non-hydrogen) atoms. The second kappa shape index (κ2) is 8.53.